The largest absolute Gasteiger partial charge is 0.394 e. The predicted octanol–water partition coefficient (Wildman–Crippen LogP) is 2.47. The molecule has 8 heteroatoms. The van der Waals surface area contributed by atoms with Crippen molar-refractivity contribution in [2.45, 2.75) is 6.04 Å². The summed E-state index contributed by atoms with van der Waals surface area (Å²) in [5.74, 6) is -0.118. The number of nitrogens with zero attached hydrogens (tertiary/aromatic N) is 2. The highest BCUT2D eigenvalue weighted by atomic mass is 19.1. The second kappa shape index (κ2) is 7.54. The number of hydrogen-bond donors (Lipinski definition) is 4. The van der Waals surface area contributed by atoms with Gasteiger partial charge in [0.2, 0.25) is 0 Å². The lowest BCUT2D eigenvalue weighted by Crippen LogP contribution is -2.34. The van der Waals surface area contributed by atoms with Crippen LogP contribution in [0.1, 0.15) is 11.6 Å². The second-order valence-corrected chi connectivity index (χ2v) is 5.29. The van der Waals surface area contributed by atoms with Gasteiger partial charge in [-0.1, -0.05) is 12.1 Å². The van der Waals surface area contributed by atoms with Crippen LogP contribution in [0.15, 0.2) is 54.9 Å². The highest BCUT2D eigenvalue weighted by molar-refractivity contribution is 5.89. The van der Waals surface area contributed by atoms with Gasteiger partial charge >= 0.3 is 6.03 Å². The molecule has 0 fully saturated rings. The average Bonchev–Trinajstić information content (AvgIpc) is 3.09. The summed E-state index contributed by atoms with van der Waals surface area (Å²) in [6.45, 7) is -0.361. The molecule has 1 atom stereocenters. The molecule has 0 saturated carbocycles. The number of nitrogens with one attached hydrogen (secondary N) is 3. The van der Waals surface area contributed by atoms with Gasteiger partial charge in [0.25, 0.3) is 0 Å². The van der Waals surface area contributed by atoms with Gasteiger partial charge in [-0.3, -0.25) is 15.4 Å². The third kappa shape index (κ3) is 4.18. The number of aliphatic hydroxyl groups is 1. The van der Waals surface area contributed by atoms with Crippen molar-refractivity contribution in [3.8, 4) is 11.3 Å². The number of aromatic nitrogens is 3. The van der Waals surface area contributed by atoms with Gasteiger partial charge in [0.15, 0.2) is 5.82 Å². The maximum atomic E-state index is 13.3. The summed E-state index contributed by atoms with van der Waals surface area (Å²) >= 11 is 0. The van der Waals surface area contributed by atoms with E-state index >= 15 is 0 Å². The zero-order chi connectivity index (χ0) is 17.6. The normalized spacial score (nSPS) is 11.8. The Bertz CT molecular complexity index is 853. The summed E-state index contributed by atoms with van der Waals surface area (Å²) in [4.78, 5) is 16.0. The number of H-pyrrole nitrogens is 1. The predicted molar refractivity (Wildman–Crippen MR) is 90.2 cm³/mol. The number of urea groups is 1. The van der Waals surface area contributed by atoms with Crippen molar-refractivity contribution < 1.29 is 14.3 Å². The van der Waals surface area contributed by atoms with Crippen LogP contribution in [-0.2, 0) is 0 Å². The number of rotatable bonds is 5. The van der Waals surface area contributed by atoms with Crippen LogP contribution in [0.5, 0.6) is 0 Å². The summed E-state index contributed by atoms with van der Waals surface area (Å²) in [7, 11) is 0. The standard InChI is InChI=1S/C17H16FN5O2/c18-13-3-1-2-12(8-13)15(10-24)20-17(25)21-16-9-14(22-23-16)11-4-6-19-7-5-11/h1-9,15,24H,10H2,(H3,20,21,22,23,25). The number of hydrogen-bond acceptors (Lipinski definition) is 4. The third-order valence-corrected chi connectivity index (χ3v) is 3.55. The Balaban J connectivity index is 1.65. The lowest BCUT2D eigenvalue weighted by Gasteiger charge is -2.16. The molecule has 0 aliphatic carbocycles. The molecule has 4 N–H and O–H groups in total. The summed E-state index contributed by atoms with van der Waals surface area (Å²) < 4.78 is 13.3. The monoisotopic (exact) mass is 341 g/mol. The molecule has 3 rings (SSSR count). The topological polar surface area (TPSA) is 103 Å². The zero-order valence-corrected chi connectivity index (χ0v) is 13.1. The molecule has 2 heterocycles. The first-order valence-electron chi connectivity index (χ1n) is 7.55. The SMILES string of the molecule is O=C(Nc1cc(-c2ccncc2)[nH]n1)NC(CO)c1cccc(F)c1. The van der Waals surface area contributed by atoms with E-state index < -0.39 is 17.9 Å². The number of aliphatic hydroxyl groups excluding tert-OH is 1. The molecule has 25 heavy (non-hydrogen) atoms. The van der Waals surface area contributed by atoms with Crippen LogP contribution in [-0.4, -0.2) is 32.9 Å². The van der Waals surface area contributed by atoms with Crippen LogP contribution in [0.3, 0.4) is 0 Å². The maximum absolute atomic E-state index is 13.3. The van der Waals surface area contributed by atoms with Crippen molar-refractivity contribution in [2.24, 2.45) is 0 Å². The van der Waals surface area contributed by atoms with E-state index in [0.717, 1.165) is 11.3 Å². The highest BCUT2D eigenvalue weighted by Gasteiger charge is 2.15. The fourth-order valence-electron chi connectivity index (χ4n) is 2.33. The molecular formula is C17H16FN5O2. The number of halogens is 1. The maximum Gasteiger partial charge on any atom is 0.321 e. The highest BCUT2D eigenvalue weighted by Crippen LogP contribution is 2.19. The van der Waals surface area contributed by atoms with E-state index in [2.05, 4.69) is 25.8 Å². The first kappa shape index (κ1) is 16.6. The van der Waals surface area contributed by atoms with Gasteiger partial charge < -0.3 is 10.4 Å². The van der Waals surface area contributed by atoms with Gasteiger partial charge in [-0.05, 0) is 29.8 Å². The molecule has 0 radical (unpaired) electrons. The van der Waals surface area contributed by atoms with E-state index in [1.54, 1.807) is 24.5 Å². The molecule has 0 saturated heterocycles. The van der Waals surface area contributed by atoms with Gasteiger partial charge in [0.05, 0.1) is 18.3 Å². The van der Waals surface area contributed by atoms with Crippen molar-refractivity contribution in [1.82, 2.24) is 20.5 Å². The Morgan fingerprint density at radius 2 is 2.04 bits per heavy atom. The van der Waals surface area contributed by atoms with E-state index in [4.69, 9.17) is 0 Å². The summed E-state index contributed by atoms with van der Waals surface area (Å²) in [5.41, 5.74) is 2.07. The smallest absolute Gasteiger partial charge is 0.321 e. The van der Waals surface area contributed by atoms with Crippen molar-refractivity contribution in [2.75, 3.05) is 11.9 Å². The molecule has 0 spiro atoms. The summed E-state index contributed by atoms with van der Waals surface area (Å²) in [6, 6.07) is 9.70. The van der Waals surface area contributed by atoms with Gasteiger partial charge in [-0.2, -0.15) is 5.10 Å². The molecule has 1 unspecified atom stereocenters. The number of benzene rings is 1. The second-order valence-electron chi connectivity index (χ2n) is 5.29. The molecule has 1 aromatic carbocycles. The lowest BCUT2D eigenvalue weighted by atomic mass is 10.1. The Morgan fingerprint density at radius 1 is 1.24 bits per heavy atom. The molecule has 2 aromatic heterocycles. The minimum Gasteiger partial charge on any atom is -0.394 e. The number of pyridine rings is 1. The Labute approximate surface area is 142 Å². The number of aromatic amines is 1. The molecule has 128 valence electrons. The van der Waals surface area contributed by atoms with Crippen LogP contribution in [0.25, 0.3) is 11.3 Å². The van der Waals surface area contributed by atoms with Gasteiger partial charge in [0, 0.05) is 24.0 Å². The number of anilines is 1. The molecule has 0 aliphatic rings. The number of carbonyl (C=O) groups excluding carboxylic acids is 1. The van der Waals surface area contributed by atoms with Crippen LogP contribution >= 0.6 is 0 Å². The minimum atomic E-state index is -0.727. The molecule has 7 nitrogen and oxygen atoms in total. The van der Waals surface area contributed by atoms with Crippen LogP contribution in [0.2, 0.25) is 0 Å². The van der Waals surface area contributed by atoms with Gasteiger partial charge in [-0.25, -0.2) is 9.18 Å². The molecule has 0 aliphatic heterocycles. The van der Waals surface area contributed by atoms with E-state index in [-0.39, 0.29) is 6.61 Å². The lowest BCUT2D eigenvalue weighted by molar-refractivity contribution is 0.225. The van der Waals surface area contributed by atoms with E-state index in [9.17, 15) is 14.3 Å². The fraction of sp³-hybridized carbons (Fsp3) is 0.118. The van der Waals surface area contributed by atoms with Crippen molar-refractivity contribution in [3.05, 3.63) is 66.2 Å². The van der Waals surface area contributed by atoms with Crippen molar-refractivity contribution in [3.63, 3.8) is 0 Å². The first-order chi connectivity index (χ1) is 12.2. The molecular weight excluding hydrogens is 325 g/mol. The van der Waals surface area contributed by atoms with Gasteiger partial charge in [-0.15, -0.1) is 0 Å². The summed E-state index contributed by atoms with van der Waals surface area (Å²) in [6.07, 6.45) is 3.31. The van der Waals surface area contributed by atoms with Crippen molar-refractivity contribution >= 4 is 11.8 Å². The van der Waals surface area contributed by atoms with Gasteiger partial charge in [0.1, 0.15) is 5.82 Å². The minimum absolute atomic E-state index is 0.320. The third-order valence-electron chi connectivity index (χ3n) is 3.55. The summed E-state index contributed by atoms with van der Waals surface area (Å²) in [5, 5.41) is 21.4. The quantitative estimate of drug-likeness (QED) is 0.572. The van der Waals surface area contributed by atoms with E-state index in [0.29, 0.717) is 11.4 Å². The Kier molecular flexibility index (Phi) is 5.00. The Hall–Kier alpha value is -3.26. The zero-order valence-electron chi connectivity index (χ0n) is 13.1. The Morgan fingerprint density at radius 3 is 2.76 bits per heavy atom. The fourth-order valence-corrected chi connectivity index (χ4v) is 2.33. The molecule has 3 aromatic rings. The number of carbonyl (C=O) groups is 1. The van der Waals surface area contributed by atoms with Crippen molar-refractivity contribution in [1.29, 1.82) is 0 Å². The van der Waals surface area contributed by atoms with Crippen LogP contribution < -0.4 is 10.6 Å². The van der Waals surface area contributed by atoms with Crippen LogP contribution in [0.4, 0.5) is 15.0 Å². The van der Waals surface area contributed by atoms with Crippen LogP contribution in [0, 0.1) is 5.82 Å². The molecule has 0 bridgehead atoms. The van der Waals surface area contributed by atoms with E-state index in [1.807, 2.05) is 12.1 Å². The van der Waals surface area contributed by atoms with E-state index in [1.165, 1.54) is 18.2 Å². The number of amides is 2. The molecule has 2 amide bonds. The first-order valence-corrected chi connectivity index (χ1v) is 7.55. The average molecular weight is 341 g/mol.